The lowest BCUT2D eigenvalue weighted by Crippen LogP contribution is -3.12. The molecule has 0 amide bonds. The summed E-state index contributed by atoms with van der Waals surface area (Å²) in [4.78, 5) is 1.54. The molecule has 4 nitrogen and oxygen atoms in total. The number of hydrogen-bond donors (Lipinski definition) is 1. The predicted octanol–water partition coefficient (Wildman–Crippen LogP) is 3.75. The molecule has 134 valence electrons. The van der Waals surface area contributed by atoms with Crippen molar-refractivity contribution in [3.05, 3.63) is 64.4 Å². The number of hydrogen-bond acceptors (Lipinski definition) is 2. The lowest BCUT2D eigenvalue weighted by Gasteiger charge is -2.22. The first-order valence-corrected chi connectivity index (χ1v) is 9.86. The molecular weight excluding hydrogens is 364 g/mol. The van der Waals surface area contributed by atoms with Crippen LogP contribution in [0.5, 0.6) is 0 Å². The van der Waals surface area contributed by atoms with Crippen LogP contribution in [-0.4, -0.2) is 27.4 Å². The van der Waals surface area contributed by atoms with E-state index in [1.807, 2.05) is 51.7 Å². The molecule has 0 bridgehead atoms. The maximum absolute atomic E-state index is 6.47. The maximum atomic E-state index is 6.47. The lowest BCUT2D eigenvalue weighted by molar-refractivity contribution is -0.928. The highest BCUT2D eigenvalue weighted by Gasteiger charge is 2.20. The van der Waals surface area contributed by atoms with E-state index in [0.717, 1.165) is 23.7 Å². The Morgan fingerprint density at radius 1 is 0.962 bits per heavy atom. The molecule has 0 spiro atoms. The van der Waals surface area contributed by atoms with Crippen molar-refractivity contribution >= 4 is 23.8 Å². The fourth-order valence-electron chi connectivity index (χ4n) is 3.56. The Kier molecular flexibility index (Phi) is 5.20. The normalized spacial score (nSPS) is 15.3. The van der Waals surface area contributed by atoms with Gasteiger partial charge in [0.25, 0.3) is 0 Å². The highest BCUT2D eigenvalue weighted by molar-refractivity contribution is 7.71. The second-order valence-corrected chi connectivity index (χ2v) is 7.50. The minimum Gasteiger partial charge on any atom is -0.316 e. The standard InChI is InChI=1S/C20H21ClN4S/c21-18-12-6-5-11-17(18)19-22-24(15-23-13-7-2-8-14-23)20(26)25(19)16-9-3-1-4-10-16/h1,3-6,9-12H,2,7-8,13-15H2/p+1. The molecule has 1 aliphatic heterocycles. The Morgan fingerprint density at radius 3 is 2.38 bits per heavy atom. The van der Waals surface area contributed by atoms with Gasteiger partial charge in [-0.2, -0.15) is 4.68 Å². The Hall–Kier alpha value is -1.95. The zero-order valence-corrected chi connectivity index (χ0v) is 16.1. The number of nitrogens with zero attached hydrogens (tertiary/aromatic N) is 3. The van der Waals surface area contributed by atoms with Gasteiger partial charge in [-0.05, 0) is 55.7 Å². The number of likely N-dealkylation sites (tertiary alicyclic amines) is 1. The topological polar surface area (TPSA) is 27.2 Å². The van der Waals surface area contributed by atoms with Gasteiger partial charge in [0.15, 0.2) is 12.5 Å². The number of nitrogens with one attached hydrogen (secondary N) is 1. The summed E-state index contributed by atoms with van der Waals surface area (Å²) in [5, 5.41) is 5.56. The number of piperidine rings is 1. The van der Waals surface area contributed by atoms with E-state index in [9.17, 15) is 0 Å². The van der Waals surface area contributed by atoms with E-state index in [4.69, 9.17) is 28.9 Å². The zero-order valence-electron chi connectivity index (χ0n) is 14.6. The molecule has 3 aromatic rings. The van der Waals surface area contributed by atoms with Crippen LogP contribution >= 0.6 is 23.8 Å². The number of rotatable bonds is 4. The van der Waals surface area contributed by atoms with Crippen molar-refractivity contribution in [2.75, 3.05) is 13.1 Å². The van der Waals surface area contributed by atoms with Gasteiger partial charge in [-0.15, -0.1) is 5.10 Å². The van der Waals surface area contributed by atoms with Crippen LogP contribution in [0.1, 0.15) is 19.3 Å². The van der Waals surface area contributed by atoms with Crippen molar-refractivity contribution in [1.82, 2.24) is 14.3 Å². The number of quaternary nitrogens is 1. The van der Waals surface area contributed by atoms with Crippen LogP contribution in [0, 0.1) is 4.77 Å². The van der Waals surface area contributed by atoms with E-state index >= 15 is 0 Å². The highest BCUT2D eigenvalue weighted by atomic mass is 35.5. The van der Waals surface area contributed by atoms with E-state index in [2.05, 4.69) is 12.1 Å². The molecule has 2 heterocycles. The van der Waals surface area contributed by atoms with E-state index in [1.165, 1.54) is 37.3 Å². The predicted molar refractivity (Wildman–Crippen MR) is 107 cm³/mol. The van der Waals surface area contributed by atoms with Crippen molar-refractivity contribution in [3.63, 3.8) is 0 Å². The number of halogens is 1. The number of benzene rings is 2. The van der Waals surface area contributed by atoms with Gasteiger partial charge < -0.3 is 4.90 Å². The van der Waals surface area contributed by atoms with Crippen LogP contribution in [0.2, 0.25) is 5.02 Å². The first-order valence-electron chi connectivity index (χ1n) is 9.08. The van der Waals surface area contributed by atoms with Gasteiger partial charge in [0.05, 0.1) is 18.1 Å². The molecule has 1 aromatic heterocycles. The Morgan fingerprint density at radius 2 is 1.65 bits per heavy atom. The average Bonchev–Trinajstić information content (AvgIpc) is 3.00. The summed E-state index contributed by atoms with van der Waals surface area (Å²) in [6.07, 6.45) is 3.89. The van der Waals surface area contributed by atoms with Crippen LogP contribution in [0.3, 0.4) is 0 Å². The molecule has 4 rings (SSSR count). The van der Waals surface area contributed by atoms with Gasteiger partial charge >= 0.3 is 0 Å². The molecule has 1 N–H and O–H groups in total. The quantitative estimate of drug-likeness (QED) is 0.692. The molecule has 6 heteroatoms. The molecule has 1 saturated heterocycles. The second kappa shape index (κ2) is 7.74. The number of aromatic nitrogens is 3. The minimum atomic E-state index is 0.683. The minimum absolute atomic E-state index is 0.683. The molecular formula is C20H22ClN4S+. The maximum Gasteiger partial charge on any atom is 0.207 e. The Bertz CT molecular complexity index is 942. The summed E-state index contributed by atoms with van der Waals surface area (Å²) in [6.45, 7) is 3.17. The van der Waals surface area contributed by atoms with Crippen molar-refractivity contribution in [2.24, 2.45) is 0 Å². The van der Waals surface area contributed by atoms with Crippen LogP contribution in [0.15, 0.2) is 54.6 Å². The summed E-state index contributed by atoms with van der Waals surface area (Å²) in [7, 11) is 0. The molecule has 1 fully saturated rings. The van der Waals surface area contributed by atoms with E-state index in [0.29, 0.717) is 9.79 Å². The van der Waals surface area contributed by atoms with Crippen molar-refractivity contribution in [1.29, 1.82) is 0 Å². The first-order chi connectivity index (χ1) is 12.7. The van der Waals surface area contributed by atoms with Crippen LogP contribution in [0.25, 0.3) is 17.1 Å². The first kappa shape index (κ1) is 17.5. The lowest BCUT2D eigenvalue weighted by atomic mass is 10.1. The Balaban J connectivity index is 1.82. The van der Waals surface area contributed by atoms with Gasteiger partial charge in [-0.1, -0.05) is 41.9 Å². The molecule has 0 unspecified atom stereocenters. The Labute approximate surface area is 163 Å². The highest BCUT2D eigenvalue weighted by Crippen LogP contribution is 2.28. The van der Waals surface area contributed by atoms with Crippen molar-refractivity contribution in [2.45, 2.75) is 25.9 Å². The summed E-state index contributed by atoms with van der Waals surface area (Å²) in [5.41, 5.74) is 1.91. The van der Waals surface area contributed by atoms with E-state index in [1.54, 1.807) is 0 Å². The van der Waals surface area contributed by atoms with Gasteiger partial charge in [-0.25, -0.2) is 0 Å². The average molecular weight is 386 g/mol. The van der Waals surface area contributed by atoms with Crippen molar-refractivity contribution < 1.29 is 4.90 Å². The zero-order chi connectivity index (χ0) is 17.9. The third-order valence-corrected chi connectivity index (χ3v) is 5.63. The fourth-order valence-corrected chi connectivity index (χ4v) is 4.08. The van der Waals surface area contributed by atoms with Crippen LogP contribution in [0.4, 0.5) is 0 Å². The third kappa shape index (κ3) is 3.47. The number of para-hydroxylation sites is 1. The third-order valence-electron chi connectivity index (χ3n) is 4.90. The monoisotopic (exact) mass is 385 g/mol. The SMILES string of the molecule is S=c1n(C[NH+]2CCCCC2)nc(-c2ccccc2Cl)n1-c1ccccc1. The summed E-state index contributed by atoms with van der Waals surface area (Å²) in [6, 6.07) is 17.9. The molecule has 0 aliphatic carbocycles. The van der Waals surface area contributed by atoms with Gasteiger partial charge in [0, 0.05) is 11.3 Å². The smallest absolute Gasteiger partial charge is 0.207 e. The van der Waals surface area contributed by atoms with Crippen molar-refractivity contribution in [3.8, 4) is 17.1 Å². The molecule has 2 aromatic carbocycles. The molecule has 26 heavy (non-hydrogen) atoms. The molecule has 1 aliphatic rings. The van der Waals surface area contributed by atoms with E-state index in [-0.39, 0.29) is 0 Å². The summed E-state index contributed by atoms with van der Waals surface area (Å²) >= 11 is 12.3. The fraction of sp³-hybridized carbons (Fsp3) is 0.300. The molecule has 0 saturated carbocycles. The molecule has 0 radical (unpaired) electrons. The largest absolute Gasteiger partial charge is 0.316 e. The van der Waals surface area contributed by atoms with E-state index < -0.39 is 0 Å². The summed E-state index contributed by atoms with van der Waals surface area (Å²) in [5.74, 6) is 0.795. The van der Waals surface area contributed by atoms with Gasteiger partial charge in [0.1, 0.15) is 0 Å². The second-order valence-electron chi connectivity index (χ2n) is 6.73. The van der Waals surface area contributed by atoms with Gasteiger partial charge in [-0.3, -0.25) is 4.57 Å². The van der Waals surface area contributed by atoms with Crippen LogP contribution in [-0.2, 0) is 6.67 Å². The summed E-state index contributed by atoms with van der Waals surface area (Å²) < 4.78 is 4.70. The molecule has 0 atom stereocenters. The van der Waals surface area contributed by atoms with Gasteiger partial charge in [0.2, 0.25) is 4.77 Å². The van der Waals surface area contributed by atoms with Crippen LogP contribution < -0.4 is 4.90 Å².